The monoisotopic (exact) mass is 303 g/mol. The zero-order chi connectivity index (χ0) is 12.5. The summed E-state index contributed by atoms with van der Waals surface area (Å²) in [6.07, 6.45) is 1.30. The van der Waals surface area contributed by atoms with Gasteiger partial charge in [0.05, 0.1) is 11.3 Å². The number of ether oxygens (including phenoxy) is 1. The van der Waals surface area contributed by atoms with Crippen LogP contribution in [0.25, 0.3) is 5.76 Å². The maximum Gasteiger partial charge on any atom is 0.163 e. The fourth-order valence-corrected chi connectivity index (χ4v) is 2.27. The minimum Gasteiger partial charge on any atom is -0.507 e. The summed E-state index contributed by atoms with van der Waals surface area (Å²) < 4.78 is 6.57. The number of nitrogens with zero attached hydrogens (tertiary/aromatic N) is 1. The number of para-hydroxylation sites is 1. The van der Waals surface area contributed by atoms with E-state index < -0.39 is 0 Å². The van der Waals surface area contributed by atoms with Crippen LogP contribution in [0.2, 0.25) is 0 Å². The van der Waals surface area contributed by atoms with Gasteiger partial charge in [0.1, 0.15) is 16.1 Å². The molecule has 0 spiro atoms. The van der Waals surface area contributed by atoms with Gasteiger partial charge in [-0.2, -0.15) is 0 Å². The molecule has 1 aliphatic rings. The lowest BCUT2D eigenvalue weighted by Gasteiger charge is -2.22. The maximum absolute atomic E-state index is 10.0. The highest BCUT2D eigenvalue weighted by Gasteiger charge is 2.22. The Bertz CT molecular complexity index is 625. The summed E-state index contributed by atoms with van der Waals surface area (Å²) in [7, 11) is 0. The van der Waals surface area contributed by atoms with Crippen LogP contribution in [0, 0.1) is 0 Å². The third kappa shape index (κ3) is 1.99. The van der Waals surface area contributed by atoms with Gasteiger partial charge in [-0.15, -0.1) is 0 Å². The Hall–Kier alpha value is -1.81. The molecule has 0 aliphatic carbocycles. The number of hydrogen-bond acceptors (Lipinski definition) is 3. The molecule has 18 heavy (non-hydrogen) atoms. The summed E-state index contributed by atoms with van der Waals surface area (Å²) >= 11 is 3.33. The van der Waals surface area contributed by atoms with Crippen molar-refractivity contribution >= 4 is 21.7 Å². The Kier molecular flexibility index (Phi) is 2.80. The van der Waals surface area contributed by atoms with Gasteiger partial charge in [-0.05, 0) is 40.2 Å². The number of benzene rings is 1. The summed E-state index contributed by atoms with van der Waals surface area (Å²) in [6, 6.07) is 13.0. The highest BCUT2D eigenvalue weighted by Crippen LogP contribution is 2.35. The molecule has 4 heteroatoms. The molecule has 1 aromatic heterocycles. The van der Waals surface area contributed by atoms with Gasteiger partial charge in [-0.3, -0.25) is 0 Å². The summed E-state index contributed by atoms with van der Waals surface area (Å²) in [6.45, 7) is 0. The van der Waals surface area contributed by atoms with Crippen molar-refractivity contribution in [3.63, 3.8) is 0 Å². The summed E-state index contributed by atoms with van der Waals surface area (Å²) in [5.74, 6) is 0.896. The molecule has 2 aromatic rings. The molecular formula is C14H10BrNO2. The molecular weight excluding hydrogens is 294 g/mol. The predicted molar refractivity (Wildman–Crippen MR) is 72.4 cm³/mol. The van der Waals surface area contributed by atoms with E-state index >= 15 is 0 Å². The Morgan fingerprint density at radius 2 is 1.94 bits per heavy atom. The lowest BCUT2D eigenvalue weighted by molar-refractivity contribution is 0.239. The quantitative estimate of drug-likeness (QED) is 0.813. The number of rotatable bonds is 1. The standard InChI is InChI=1S/C14H10BrNO2/c15-14-7-3-5-10(16-14)13-8-11(17)9-4-1-2-6-12(9)18-13/h1-8,13,17H/t13-/m0/s1. The first-order chi connectivity index (χ1) is 8.74. The van der Waals surface area contributed by atoms with E-state index in [-0.39, 0.29) is 11.9 Å². The van der Waals surface area contributed by atoms with Crippen LogP contribution in [0.3, 0.4) is 0 Å². The SMILES string of the molecule is OC1=C[C@@H](c2cccc(Br)n2)Oc2ccccc21. The third-order valence-electron chi connectivity index (χ3n) is 2.75. The molecule has 3 nitrogen and oxygen atoms in total. The largest absolute Gasteiger partial charge is 0.507 e. The predicted octanol–water partition coefficient (Wildman–Crippen LogP) is 3.88. The van der Waals surface area contributed by atoms with Gasteiger partial charge in [0.2, 0.25) is 0 Å². The lowest BCUT2D eigenvalue weighted by atomic mass is 10.1. The van der Waals surface area contributed by atoms with Gasteiger partial charge in [-0.25, -0.2) is 4.98 Å². The summed E-state index contributed by atoms with van der Waals surface area (Å²) in [5, 5.41) is 10.0. The van der Waals surface area contributed by atoms with Crippen molar-refractivity contribution < 1.29 is 9.84 Å². The topological polar surface area (TPSA) is 42.4 Å². The van der Waals surface area contributed by atoms with Crippen LogP contribution >= 0.6 is 15.9 Å². The highest BCUT2D eigenvalue weighted by atomic mass is 79.9. The first-order valence-corrected chi connectivity index (χ1v) is 6.32. The number of aromatic nitrogens is 1. The third-order valence-corrected chi connectivity index (χ3v) is 3.20. The molecule has 0 fully saturated rings. The van der Waals surface area contributed by atoms with E-state index in [0.29, 0.717) is 11.3 Å². The minimum absolute atomic E-state index is 0.226. The first-order valence-electron chi connectivity index (χ1n) is 5.53. The van der Waals surface area contributed by atoms with E-state index in [4.69, 9.17) is 4.74 Å². The van der Waals surface area contributed by atoms with Crippen molar-refractivity contribution in [3.8, 4) is 5.75 Å². The smallest absolute Gasteiger partial charge is 0.163 e. The summed E-state index contributed by atoms with van der Waals surface area (Å²) in [4.78, 5) is 4.34. The average molecular weight is 304 g/mol. The summed E-state index contributed by atoms with van der Waals surface area (Å²) in [5.41, 5.74) is 1.47. The van der Waals surface area contributed by atoms with Crippen molar-refractivity contribution in [2.45, 2.75) is 6.10 Å². The van der Waals surface area contributed by atoms with E-state index in [2.05, 4.69) is 20.9 Å². The molecule has 1 aliphatic heterocycles. The van der Waals surface area contributed by atoms with Gasteiger partial charge in [0.15, 0.2) is 6.10 Å². The van der Waals surface area contributed by atoms with Crippen molar-refractivity contribution in [2.24, 2.45) is 0 Å². The number of aliphatic hydroxyl groups excluding tert-OH is 1. The second-order valence-electron chi connectivity index (χ2n) is 3.97. The molecule has 0 unspecified atom stereocenters. The second-order valence-corrected chi connectivity index (χ2v) is 4.78. The minimum atomic E-state index is -0.364. The zero-order valence-electron chi connectivity index (χ0n) is 9.38. The van der Waals surface area contributed by atoms with Crippen molar-refractivity contribution in [2.75, 3.05) is 0 Å². The average Bonchev–Trinajstić information content (AvgIpc) is 2.39. The number of aliphatic hydroxyl groups is 1. The zero-order valence-corrected chi connectivity index (χ0v) is 11.0. The van der Waals surface area contributed by atoms with Crippen LogP contribution in [0.15, 0.2) is 53.1 Å². The highest BCUT2D eigenvalue weighted by molar-refractivity contribution is 9.10. The van der Waals surface area contributed by atoms with Gasteiger partial charge in [0, 0.05) is 6.08 Å². The van der Waals surface area contributed by atoms with Gasteiger partial charge < -0.3 is 9.84 Å². The fourth-order valence-electron chi connectivity index (χ4n) is 1.91. The van der Waals surface area contributed by atoms with Gasteiger partial charge in [0.25, 0.3) is 0 Å². The number of hydrogen-bond donors (Lipinski definition) is 1. The van der Waals surface area contributed by atoms with Crippen LogP contribution in [0.5, 0.6) is 5.75 Å². The number of halogens is 1. The van der Waals surface area contributed by atoms with E-state index in [1.807, 2.05) is 42.5 Å². The van der Waals surface area contributed by atoms with Gasteiger partial charge in [-0.1, -0.05) is 18.2 Å². The molecule has 0 amide bonds. The van der Waals surface area contributed by atoms with Crippen molar-refractivity contribution in [1.82, 2.24) is 4.98 Å². The van der Waals surface area contributed by atoms with E-state index in [1.165, 1.54) is 0 Å². The molecule has 1 aromatic carbocycles. The molecule has 0 saturated carbocycles. The van der Waals surface area contributed by atoms with E-state index in [1.54, 1.807) is 6.08 Å². The van der Waals surface area contributed by atoms with Crippen LogP contribution in [0.1, 0.15) is 17.4 Å². The van der Waals surface area contributed by atoms with Crippen LogP contribution < -0.4 is 4.74 Å². The van der Waals surface area contributed by atoms with E-state index in [9.17, 15) is 5.11 Å². The fraction of sp³-hybridized carbons (Fsp3) is 0.0714. The van der Waals surface area contributed by atoms with Crippen LogP contribution in [-0.4, -0.2) is 10.1 Å². The van der Waals surface area contributed by atoms with Crippen LogP contribution in [0.4, 0.5) is 0 Å². The molecule has 90 valence electrons. The van der Waals surface area contributed by atoms with Crippen molar-refractivity contribution in [1.29, 1.82) is 0 Å². The first kappa shape index (κ1) is 11.3. The lowest BCUT2D eigenvalue weighted by Crippen LogP contribution is -2.12. The molecule has 0 saturated heterocycles. The Morgan fingerprint density at radius 3 is 2.78 bits per heavy atom. The van der Waals surface area contributed by atoms with E-state index in [0.717, 1.165) is 10.3 Å². The molecule has 0 bridgehead atoms. The second kappa shape index (κ2) is 4.46. The maximum atomic E-state index is 10.0. The molecule has 2 heterocycles. The normalized spacial score (nSPS) is 17.6. The molecule has 3 rings (SSSR count). The molecule has 0 radical (unpaired) electrons. The number of pyridine rings is 1. The Morgan fingerprint density at radius 1 is 1.11 bits per heavy atom. The van der Waals surface area contributed by atoms with Crippen LogP contribution in [-0.2, 0) is 0 Å². The Balaban J connectivity index is 2.02. The molecule has 1 atom stereocenters. The molecule has 1 N–H and O–H groups in total. The van der Waals surface area contributed by atoms with Crippen molar-refractivity contribution in [3.05, 3.63) is 64.4 Å². The van der Waals surface area contributed by atoms with Gasteiger partial charge >= 0.3 is 0 Å². The number of fused-ring (bicyclic) bond motifs is 1. The Labute approximate surface area is 113 Å².